The van der Waals surface area contributed by atoms with Crippen molar-refractivity contribution < 1.29 is 0 Å². The Bertz CT molecular complexity index is 63.5. The van der Waals surface area contributed by atoms with Crippen LogP contribution in [0, 0.1) is 0 Å². The van der Waals surface area contributed by atoms with Crippen molar-refractivity contribution in [2.75, 3.05) is 36.9 Å². The molecule has 0 aromatic carbocycles. The molecule has 3 N–H and O–H groups in total. The monoisotopic (exact) mass is 194 g/mol. The van der Waals surface area contributed by atoms with Gasteiger partial charge in [0.1, 0.15) is 0 Å². The lowest BCUT2D eigenvalue weighted by atomic mass is 10.5. The molecule has 0 radical (unpaired) electrons. The second-order valence-electron chi connectivity index (χ2n) is 2.23. The molecule has 0 bridgehead atoms. The van der Waals surface area contributed by atoms with Crippen LogP contribution in [0.15, 0.2) is 0 Å². The standard InChI is InChI=1S/C7H18N2S2/c8-2-4-9-3-1-6-11-7-5-10/h9-10H,1-8H2. The normalized spacial score (nSPS) is 10.4. The maximum atomic E-state index is 5.31. The average Bonchev–Trinajstić information content (AvgIpc) is 2.03. The predicted molar refractivity (Wildman–Crippen MR) is 57.7 cm³/mol. The molecule has 0 rings (SSSR count). The topological polar surface area (TPSA) is 38.0 Å². The molecule has 0 atom stereocenters. The van der Waals surface area contributed by atoms with Gasteiger partial charge in [0.25, 0.3) is 0 Å². The third-order valence-electron chi connectivity index (χ3n) is 1.20. The van der Waals surface area contributed by atoms with Crippen molar-refractivity contribution in [2.24, 2.45) is 5.73 Å². The minimum Gasteiger partial charge on any atom is -0.329 e. The fourth-order valence-corrected chi connectivity index (χ4v) is 1.76. The highest BCUT2D eigenvalue weighted by molar-refractivity contribution is 7.99. The van der Waals surface area contributed by atoms with Crippen molar-refractivity contribution in [2.45, 2.75) is 6.42 Å². The number of nitrogens with two attached hydrogens (primary N) is 1. The lowest BCUT2D eigenvalue weighted by molar-refractivity contribution is 0.681. The Labute approximate surface area is 79.1 Å². The number of thiol groups is 1. The first-order valence-electron chi connectivity index (χ1n) is 4.01. The number of hydrogen-bond acceptors (Lipinski definition) is 4. The molecule has 0 aliphatic heterocycles. The van der Waals surface area contributed by atoms with Crippen LogP contribution >= 0.6 is 24.4 Å². The summed E-state index contributed by atoms with van der Waals surface area (Å²) < 4.78 is 0. The number of thioether (sulfide) groups is 1. The summed E-state index contributed by atoms with van der Waals surface area (Å²) in [6.07, 6.45) is 1.23. The molecule has 0 spiro atoms. The summed E-state index contributed by atoms with van der Waals surface area (Å²) in [6, 6.07) is 0. The van der Waals surface area contributed by atoms with Crippen LogP contribution in [-0.2, 0) is 0 Å². The largest absolute Gasteiger partial charge is 0.329 e. The predicted octanol–water partition coefficient (Wildman–Crippen LogP) is 0.588. The van der Waals surface area contributed by atoms with Crippen molar-refractivity contribution in [3.8, 4) is 0 Å². The Morgan fingerprint density at radius 2 is 2.09 bits per heavy atom. The van der Waals surface area contributed by atoms with Crippen molar-refractivity contribution in [3.63, 3.8) is 0 Å². The van der Waals surface area contributed by atoms with E-state index in [4.69, 9.17) is 5.73 Å². The molecule has 0 saturated heterocycles. The van der Waals surface area contributed by atoms with E-state index in [1.165, 1.54) is 17.9 Å². The molecule has 11 heavy (non-hydrogen) atoms. The van der Waals surface area contributed by atoms with Crippen LogP contribution < -0.4 is 11.1 Å². The minimum absolute atomic E-state index is 0.740. The summed E-state index contributed by atoms with van der Waals surface area (Å²) in [5.74, 6) is 3.39. The zero-order valence-corrected chi connectivity index (χ0v) is 8.59. The van der Waals surface area contributed by atoms with Gasteiger partial charge in [0.2, 0.25) is 0 Å². The minimum atomic E-state index is 0.740. The summed E-state index contributed by atoms with van der Waals surface area (Å²) in [5.41, 5.74) is 5.31. The van der Waals surface area contributed by atoms with Crippen LogP contribution in [0.25, 0.3) is 0 Å². The molecule has 2 nitrogen and oxygen atoms in total. The van der Waals surface area contributed by atoms with E-state index < -0.39 is 0 Å². The van der Waals surface area contributed by atoms with Crippen molar-refractivity contribution in [1.29, 1.82) is 0 Å². The molecule has 0 aliphatic rings. The fourth-order valence-electron chi connectivity index (χ4n) is 0.693. The van der Waals surface area contributed by atoms with Gasteiger partial charge < -0.3 is 11.1 Å². The zero-order valence-electron chi connectivity index (χ0n) is 6.88. The molecule has 0 amide bonds. The molecule has 0 fully saturated rings. The van der Waals surface area contributed by atoms with Crippen LogP contribution in [-0.4, -0.2) is 36.9 Å². The Balaban J connectivity index is 2.69. The summed E-state index contributed by atoms with van der Waals surface area (Å²) >= 11 is 6.09. The van der Waals surface area contributed by atoms with E-state index in [0.717, 1.165) is 25.4 Å². The smallest absolute Gasteiger partial charge is 0.00745 e. The van der Waals surface area contributed by atoms with E-state index in [9.17, 15) is 0 Å². The lowest BCUT2D eigenvalue weighted by Crippen LogP contribution is -2.23. The molecule has 4 heteroatoms. The number of rotatable bonds is 8. The Morgan fingerprint density at radius 1 is 1.27 bits per heavy atom. The van der Waals surface area contributed by atoms with Gasteiger partial charge in [0, 0.05) is 18.8 Å². The van der Waals surface area contributed by atoms with Crippen LogP contribution in [0.3, 0.4) is 0 Å². The lowest BCUT2D eigenvalue weighted by Gasteiger charge is -2.01. The Hall–Kier alpha value is 0.620. The van der Waals surface area contributed by atoms with E-state index in [1.807, 2.05) is 11.8 Å². The van der Waals surface area contributed by atoms with E-state index in [2.05, 4.69) is 17.9 Å². The van der Waals surface area contributed by atoms with Crippen molar-refractivity contribution >= 4 is 24.4 Å². The van der Waals surface area contributed by atoms with Gasteiger partial charge in [-0.25, -0.2) is 0 Å². The van der Waals surface area contributed by atoms with Crippen molar-refractivity contribution in [3.05, 3.63) is 0 Å². The molecule has 68 valence electrons. The Kier molecular flexibility index (Phi) is 11.2. The van der Waals surface area contributed by atoms with Gasteiger partial charge >= 0.3 is 0 Å². The molecule has 0 aliphatic carbocycles. The highest BCUT2D eigenvalue weighted by Crippen LogP contribution is 2.01. The first-order chi connectivity index (χ1) is 5.41. The molecular weight excluding hydrogens is 176 g/mol. The maximum Gasteiger partial charge on any atom is 0.00745 e. The summed E-state index contributed by atoms with van der Waals surface area (Å²) in [5, 5.41) is 3.25. The number of nitrogens with one attached hydrogen (secondary N) is 1. The quantitative estimate of drug-likeness (QED) is 0.391. The summed E-state index contributed by atoms with van der Waals surface area (Å²) in [7, 11) is 0. The maximum absolute atomic E-state index is 5.31. The molecule has 0 heterocycles. The summed E-state index contributed by atoms with van der Waals surface area (Å²) in [4.78, 5) is 0. The van der Waals surface area contributed by atoms with Crippen LogP contribution in [0.2, 0.25) is 0 Å². The summed E-state index contributed by atoms with van der Waals surface area (Å²) in [6.45, 7) is 2.78. The van der Waals surface area contributed by atoms with Crippen LogP contribution in [0.4, 0.5) is 0 Å². The van der Waals surface area contributed by atoms with Gasteiger partial charge in [0.05, 0.1) is 0 Å². The highest BCUT2D eigenvalue weighted by Gasteiger charge is 1.87. The van der Waals surface area contributed by atoms with Gasteiger partial charge in [-0.2, -0.15) is 24.4 Å². The number of hydrogen-bond donors (Lipinski definition) is 3. The molecular formula is C7H18N2S2. The second-order valence-corrected chi connectivity index (χ2v) is 3.90. The van der Waals surface area contributed by atoms with Crippen LogP contribution in [0.5, 0.6) is 0 Å². The van der Waals surface area contributed by atoms with Crippen molar-refractivity contribution in [1.82, 2.24) is 5.32 Å². The third-order valence-corrected chi connectivity index (χ3v) is 2.80. The molecule has 0 aromatic rings. The second kappa shape index (κ2) is 10.6. The first kappa shape index (κ1) is 11.6. The highest BCUT2D eigenvalue weighted by atomic mass is 32.2. The van der Waals surface area contributed by atoms with E-state index in [1.54, 1.807) is 0 Å². The zero-order chi connectivity index (χ0) is 8.36. The third kappa shape index (κ3) is 10.6. The molecule has 0 saturated carbocycles. The first-order valence-corrected chi connectivity index (χ1v) is 5.80. The molecule has 0 aromatic heterocycles. The van der Waals surface area contributed by atoms with E-state index in [-0.39, 0.29) is 0 Å². The van der Waals surface area contributed by atoms with Crippen LogP contribution in [0.1, 0.15) is 6.42 Å². The van der Waals surface area contributed by atoms with Gasteiger partial charge in [-0.15, -0.1) is 0 Å². The fraction of sp³-hybridized carbons (Fsp3) is 1.00. The van der Waals surface area contributed by atoms with Gasteiger partial charge in [0.15, 0.2) is 0 Å². The SMILES string of the molecule is NCCNCCCSCCS. The van der Waals surface area contributed by atoms with Gasteiger partial charge in [-0.3, -0.25) is 0 Å². The van der Waals surface area contributed by atoms with E-state index >= 15 is 0 Å². The Morgan fingerprint density at radius 3 is 2.73 bits per heavy atom. The van der Waals surface area contributed by atoms with Gasteiger partial charge in [-0.05, 0) is 24.5 Å². The molecule has 0 unspecified atom stereocenters. The van der Waals surface area contributed by atoms with E-state index in [0.29, 0.717) is 0 Å². The van der Waals surface area contributed by atoms with Gasteiger partial charge in [-0.1, -0.05) is 0 Å². The average molecular weight is 194 g/mol.